The van der Waals surface area contributed by atoms with Crippen molar-refractivity contribution in [3.05, 3.63) is 17.2 Å². The van der Waals surface area contributed by atoms with E-state index in [-0.39, 0.29) is 12.8 Å². The zero-order chi connectivity index (χ0) is 14.7. The Hall–Kier alpha value is -1.42. The minimum atomic E-state index is 0.252. The summed E-state index contributed by atoms with van der Waals surface area (Å²) >= 11 is 0. The van der Waals surface area contributed by atoms with Crippen LogP contribution >= 0.6 is 0 Å². The molecule has 2 rings (SSSR count). The summed E-state index contributed by atoms with van der Waals surface area (Å²) in [6.45, 7) is 9.85. The molecule has 1 heterocycles. The summed E-state index contributed by atoms with van der Waals surface area (Å²) in [7, 11) is 1.69. The molecular weight excluding hydrogens is 254 g/mol. The summed E-state index contributed by atoms with van der Waals surface area (Å²) in [6, 6.07) is 2.33. The molecule has 0 fully saturated rings. The van der Waals surface area contributed by atoms with Crippen molar-refractivity contribution in [2.75, 3.05) is 20.4 Å². The van der Waals surface area contributed by atoms with Crippen molar-refractivity contribution in [2.45, 2.75) is 40.2 Å². The van der Waals surface area contributed by atoms with Gasteiger partial charge in [0.05, 0.1) is 7.11 Å². The molecule has 112 valence electrons. The van der Waals surface area contributed by atoms with Gasteiger partial charge >= 0.3 is 0 Å². The molecule has 0 spiro atoms. The summed E-state index contributed by atoms with van der Waals surface area (Å²) < 4.78 is 16.8. The van der Waals surface area contributed by atoms with E-state index >= 15 is 0 Å². The molecule has 0 bridgehead atoms. The first-order valence-corrected chi connectivity index (χ1v) is 7.28. The summed E-state index contributed by atoms with van der Waals surface area (Å²) in [5.41, 5.74) is 2.13. The lowest BCUT2D eigenvalue weighted by Crippen LogP contribution is -2.25. The molecule has 0 saturated heterocycles. The maximum Gasteiger partial charge on any atom is 0.231 e. The minimum absolute atomic E-state index is 0.252. The van der Waals surface area contributed by atoms with Gasteiger partial charge in [0, 0.05) is 17.2 Å². The van der Waals surface area contributed by atoms with Gasteiger partial charge < -0.3 is 19.5 Å². The maximum absolute atomic E-state index is 5.68. The van der Waals surface area contributed by atoms with Crippen LogP contribution in [0.25, 0.3) is 0 Å². The van der Waals surface area contributed by atoms with Crippen LogP contribution in [0.4, 0.5) is 0 Å². The van der Waals surface area contributed by atoms with Crippen LogP contribution in [-0.4, -0.2) is 20.4 Å². The number of methoxy groups -OCH3 is 1. The summed E-state index contributed by atoms with van der Waals surface area (Å²) in [5, 5.41) is 3.59. The van der Waals surface area contributed by atoms with Crippen LogP contribution in [0.1, 0.15) is 44.4 Å². The SMILES string of the molecule is CCC(NCC(C)C)c1cc(OC)c(C)c2c1OCO2. The highest BCUT2D eigenvalue weighted by Crippen LogP contribution is 2.46. The van der Waals surface area contributed by atoms with E-state index in [4.69, 9.17) is 14.2 Å². The topological polar surface area (TPSA) is 39.7 Å². The van der Waals surface area contributed by atoms with Crippen molar-refractivity contribution in [1.82, 2.24) is 5.32 Å². The van der Waals surface area contributed by atoms with E-state index in [2.05, 4.69) is 32.2 Å². The van der Waals surface area contributed by atoms with Gasteiger partial charge in [0.1, 0.15) is 5.75 Å². The van der Waals surface area contributed by atoms with Crippen molar-refractivity contribution >= 4 is 0 Å². The first-order valence-electron chi connectivity index (χ1n) is 7.28. The van der Waals surface area contributed by atoms with Crippen molar-refractivity contribution in [3.63, 3.8) is 0 Å². The smallest absolute Gasteiger partial charge is 0.231 e. The van der Waals surface area contributed by atoms with Gasteiger partial charge in [-0.25, -0.2) is 0 Å². The number of ether oxygens (including phenoxy) is 3. The second-order valence-electron chi connectivity index (χ2n) is 5.62. The Morgan fingerprint density at radius 2 is 2.00 bits per heavy atom. The highest BCUT2D eigenvalue weighted by Gasteiger charge is 2.27. The van der Waals surface area contributed by atoms with Gasteiger partial charge in [0.15, 0.2) is 11.5 Å². The molecular formula is C16H25NO3. The zero-order valence-electron chi connectivity index (χ0n) is 13.1. The highest BCUT2D eigenvalue weighted by molar-refractivity contribution is 5.59. The number of rotatable bonds is 6. The van der Waals surface area contributed by atoms with Gasteiger partial charge in [-0.3, -0.25) is 0 Å². The molecule has 1 aromatic rings. The largest absolute Gasteiger partial charge is 0.496 e. The van der Waals surface area contributed by atoms with Crippen molar-refractivity contribution in [2.24, 2.45) is 5.92 Å². The van der Waals surface area contributed by atoms with Crippen LogP contribution in [0, 0.1) is 12.8 Å². The van der Waals surface area contributed by atoms with Crippen LogP contribution in [0.5, 0.6) is 17.2 Å². The van der Waals surface area contributed by atoms with Crippen LogP contribution in [0.2, 0.25) is 0 Å². The van der Waals surface area contributed by atoms with Gasteiger partial charge in [0.2, 0.25) is 6.79 Å². The maximum atomic E-state index is 5.68. The fourth-order valence-corrected chi connectivity index (χ4v) is 2.52. The third-order valence-electron chi connectivity index (χ3n) is 3.65. The number of benzene rings is 1. The van der Waals surface area contributed by atoms with Gasteiger partial charge in [0.25, 0.3) is 0 Å². The fraction of sp³-hybridized carbons (Fsp3) is 0.625. The van der Waals surface area contributed by atoms with E-state index in [9.17, 15) is 0 Å². The predicted octanol–water partition coefficient (Wildman–Crippen LogP) is 3.43. The lowest BCUT2D eigenvalue weighted by Gasteiger charge is -2.22. The van der Waals surface area contributed by atoms with Crippen LogP contribution in [0.15, 0.2) is 6.07 Å². The molecule has 20 heavy (non-hydrogen) atoms. The Bertz CT molecular complexity index is 471. The van der Waals surface area contributed by atoms with Gasteiger partial charge in [-0.15, -0.1) is 0 Å². The molecule has 0 aliphatic carbocycles. The molecule has 0 saturated carbocycles. The van der Waals surface area contributed by atoms with E-state index in [1.165, 1.54) is 0 Å². The third-order valence-corrected chi connectivity index (χ3v) is 3.65. The quantitative estimate of drug-likeness (QED) is 0.866. The molecule has 1 aliphatic rings. The molecule has 0 radical (unpaired) electrons. The van der Waals surface area contributed by atoms with E-state index in [1.807, 2.05) is 6.92 Å². The fourth-order valence-electron chi connectivity index (χ4n) is 2.52. The molecule has 1 unspecified atom stereocenters. The van der Waals surface area contributed by atoms with Crippen LogP contribution < -0.4 is 19.5 Å². The summed E-state index contributed by atoms with van der Waals surface area (Å²) in [5.74, 6) is 3.16. The van der Waals surface area contributed by atoms with Crippen molar-refractivity contribution in [1.29, 1.82) is 0 Å². The Balaban J connectivity index is 2.36. The average molecular weight is 279 g/mol. The van der Waals surface area contributed by atoms with Crippen molar-refractivity contribution < 1.29 is 14.2 Å². The highest BCUT2D eigenvalue weighted by atomic mass is 16.7. The van der Waals surface area contributed by atoms with E-state index in [0.717, 1.165) is 41.3 Å². The molecule has 4 heteroatoms. The molecule has 1 N–H and O–H groups in total. The monoisotopic (exact) mass is 279 g/mol. The Morgan fingerprint density at radius 1 is 1.30 bits per heavy atom. The second kappa shape index (κ2) is 6.35. The van der Waals surface area contributed by atoms with E-state index < -0.39 is 0 Å². The lowest BCUT2D eigenvalue weighted by atomic mass is 9.99. The molecule has 0 aromatic heterocycles. The number of nitrogens with one attached hydrogen (secondary N) is 1. The van der Waals surface area contributed by atoms with Crippen molar-refractivity contribution in [3.8, 4) is 17.2 Å². The Morgan fingerprint density at radius 3 is 2.60 bits per heavy atom. The molecule has 1 aromatic carbocycles. The molecule has 0 amide bonds. The predicted molar refractivity (Wildman–Crippen MR) is 79.7 cm³/mol. The van der Waals surface area contributed by atoms with E-state index in [1.54, 1.807) is 7.11 Å². The van der Waals surface area contributed by atoms with E-state index in [0.29, 0.717) is 5.92 Å². The second-order valence-corrected chi connectivity index (χ2v) is 5.62. The normalized spacial score (nSPS) is 14.7. The first-order chi connectivity index (χ1) is 9.58. The number of fused-ring (bicyclic) bond motifs is 1. The molecule has 4 nitrogen and oxygen atoms in total. The third kappa shape index (κ3) is 2.85. The average Bonchev–Trinajstić information content (AvgIpc) is 2.91. The standard InChI is InChI=1S/C16H25NO3/c1-6-13(17-8-10(2)3)12-7-14(18-5)11(4)15-16(12)20-9-19-15/h7,10,13,17H,6,8-9H2,1-5H3. The Kier molecular flexibility index (Phi) is 4.76. The zero-order valence-corrected chi connectivity index (χ0v) is 13.1. The summed E-state index contributed by atoms with van der Waals surface area (Å²) in [6.07, 6.45) is 0.995. The lowest BCUT2D eigenvalue weighted by molar-refractivity contribution is 0.172. The Labute approximate surface area is 121 Å². The van der Waals surface area contributed by atoms with Gasteiger partial charge in [-0.05, 0) is 31.9 Å². The minimum Gasteiger partial charge on any atom is -0.496 e. The molecule has 1 atom stereocenters. The number of hydrogen-bond acceptors (Lipinski definition) is 4. The molecule has 1 aliphatic heterocycles. The number of hydrogen-bond donors (Lipinski definition) is 1. The van der Waals surface area contributed by atoms with Gasteiger partial charge in [-0.2, -0.15) is 0 Å². The first kappa shape index (κ1) is 15.0. The van der Waals surface area contributed by atoms with Crippen LogP contribution in [-0.2, 0) is 0 Å². The summed E-state index contributed by atoms with van der Waals surface area (Å²) in [4.78, 5) is 0. The van der Waals surface area contributed by atoms with Crippen LogP contribution in [0.3, 0.4) is 0 Å². The van der Waals surface area contributed by atoms with Gasteiger partial charge in [-0.1, -0.05) is 20.8 Å².